The summed E-state index contributed by atoms with van der Waals surface area (Å²) >= 11 is 3.53. The van der Waals surface area contributed by atoms with E-state index in [0.29, 0.717) is 4.83 Å². The third-order valence-corrected chi connectivity index (χ3v) is 2.70. The Hall–Kier alpha value is -0.500. The van der Waals surface area contributed by atoms with E-state index in [4.69, 9.17) is 0 Å². The fraction of sp³-hybridized carbons (Fsp3) is 0.500. The number of halogens is 1. The van der Waals surface area contributed by atoms with E-state index in [1.807, 2.05) is 12.1 Å². The van der Waals surface area contributed by atoms with Gasteiger partial charge in [-0.1, -0.05) is 41.4 Å². The van der Waals surface area contributed by atoms with Gasteiger partial charge in [-0.15, -0.1) is 0 Å². The van der Waals surface area contributed by atoms with E-state index in [9.17, 15) is 5.11 Å². The van der Waals surface area contributed by atoms with Gasteiger partial charge in [-0.2, -0.15) is 0 Å². The third kappa shape index (κ3) is 4.66. The van der Waals surface area contributed by atoms with Gasteiger partial charge in [0.1, 0.15) is 0 Å². The number of aryl methyl sites for hydroxylation is 1. The van der Waals surface area contributed by atoms with Gasteiger partial charge in [0.05, 0.1) is 0 Å². The first kappa shape index (κ1) is 11.6. The van der Waals surface area contributed by atoms with Crippen LogP contribution in [-0.4, -0.2) is 4.83 Å². The minimum absolute atomic E-state index is 0.0998. The van der Waals surface area contributed by atoms with Crippen molar-refractivity contribution in [1.82, 2.24) is 0 Å². The van der Waals surface area contributed by atoms with Crippen molar-refractivity contribution in [3.63, 3.8) is 0 Å². The lowest BCUT2D eigenvalue weighted by Crippen LogP contribution is -1.91. The fourth-order valence-corrected chi connectivity index (χ4v) is 1.73. The van der Waals surface area contributed by atoms with Crippen molar-refractivity contribution >= 4 is 15.9 Å². The van der Waals surface area contributed by atoms with Gasteiger partial charge in [0.2, 0.25) is 0 Å². The summed E-state index contributed by atoms with van der Waals surface area (Å²) in [5, 5.41) is 10.8. The number of benzene rings is 1. The zero-order valence-corrected chi connectivity index (χ0v) is 10.1. The van der Waals surface area contributed by atoms with E-state index >= 15 is 0 Å². The first-order valence-electron chi connectivity index (χ1n) is 5.08. The van der Waals surface area contributed by atoms with Crippen LogP contribution in [0.2, 0.25) is 0 Å². The molecule has 0 spiro atoms. The molecule has 77 valence electrons. The van der Waals surface area contributed by atoms with Gasteiger partial charge >= 0.3 is 0 Å². The second-order valence-electron chi connectivity index (χ2n) is 3.67. The molecule has 1 unspecified atom stereocenters. The lowest BCUT2D eigenvalue weighted by Gasteiger charge is -2.03. The normalized spacial score (nSPS) is 12.7. The molecule has 0 bridgehead atoms. The number of hydrogen-bond donors (Lipinski definition) is 0. The van der Waals surface area contributed by atoms with Crippen molar-refractivity contribution < 1.29 is 5.11 Å². The predicted octanol–water partition coefficient (Wildman–Crippen LogP) is 4.33. The van der Waals surface area contributed by atoms with E-state index in [1.54, 1.807) is 12.1 Å². The molecule has 1 aromatic rings. The molecule has 0 N–H and O–H groups in total. The van der Waals surface area contributed by atoms with Crippen LogP contribution in [0.4, 0.5) is 0 Å². The number of rotatable bonds is 5. The molecule has 0 saturated carbocycles. The monoisotopic (exact) mass is 255 g/mol. The molecule has 0 aliphatic heterocycles. The van der Waals surface area contributed by atoms with Crippen LogP contribution >= 0.6 is 15.9 Å². The van der Waals surface area contributed by atoms with E-state index in [2.05, 4.69) is 22.9 Å². The maximum atomic E-state index is 10.8. The smallest absolute Gasteiger partial charge is 0.178 e. The van der Waals surface area contributed by atoms with Crippen molar-refractivity contribution in [3.05, 3.63) is 29.8 Å². The lowest BCUT2D eigenvalue weighted by molar-refractivity contribution is 0.355. The maximum absolute atomic E-state index is 10.8. The Morgan fingerprint density at radius 2 is 1.86 bits per heavy atom. The minimum Gasteiger partial charge on any atom is -0.290 e. The van der Waals surface area contributed by atoms with Gasteiger partial charge in [0.25, 0.3) is 0 Å². The Kier molecular flexibility index (Phi) is 5.02. The molecule has 2 heteroatoms. The number of unbranched alkanes of at least 4 members (excludes halogenated alkanes) is 1. The summed E-state index contributed by atoms with van der Waals surface area (Å²) in [7, 11) is 0. The van der Waals surface area contributed by atoms with E-state index in [1.165, 1.54) is 24.8 Å². The summed E-state index contributed by atoms with van der Waals surface area (Å²) in [6.45, 7) is 2.17. The molecule has 1 radical (unpaired) electrons. The molecule has 0 aliphatic rings. The molecule has 14 heavy (non-hydrogen) atoms. The van der Waals surface area contributed by atoms with Crippen molar-refractivity contribution in [1.29, 1.82) is 0 Å². The summed E-state index contributed by atoms with van der Waals surface area (Å²) in [5.74, 6) is 0.0998. The Balaban J connectivity index is 2.21. The predicted molar refractivity (Wildman–Crippen MR) is 62.5 cm³/mol. The molecule has 0 fully saturated rings. The fourth-order valence-electron chi connectivity index (χ4n) is 1.41. The molecule has 0 amide bonds. The quantitative estimate of drug-likeness (QED) is 0.552. The molecule has 0 heterocycles. The lowest BCUT2D eigenvalue weighted by atomic mass is 10.1. The van der Waals surface area contributed by atoms with Crippen molar-refractivity contribution in [2.24, 2.45) is 0 Å². The maximum Gasteiger partial charge on any atom is 0.178 e. The van der Waals surface area contributed by atoms with Crippen LogP contribution in [0.5, 0.6) is 5.75 Å². The summed E-state index contributed by atoms with van der Waals surface area (Å²) in [6.07, 6.45) is 4.75. The van der Waals surface area contributed by atoms with Gasteiger partial charge < -0.3 is 0 Å². The highest BCUT2D eigenvalue weighted by Gasteiger charge is 1.97. The van der Waals surface area contributed by atoms with Crippen molar-refractivity contribution in [3.8, 4) is 5.75 Å². The van der Waals surface area contributed by atoms with Crippen LogP contribution in [-0.2, 0) is 11.5 Å². The Morgan fingerprint density at radius 1 is 1.21 bits per heavy atom. The standard InChI is InChI=1S/C12H16BrO/c1-10(13)4-2-3-5-11-6-8-12(14)9-7-11/h6-10H,2-5H2,1H3. The highest BCUT2D eigenvalue weighted by atomic mass is 79.9. The van der Waals surface area contributed by atoms with Crippen LogP contribution in [0.1, 0.15) is 31.7 Å². The van der Waals surface area contributed by atoms with Crippen molar-refractivity contribution in [2.45, 2.75) is 37.4 Å². The third-order valence-electron chi connectivity index (χ3n) is 2.24. The first-order chi connectivity index (χ1) is 6.68. The largest absolute Gasteiger partial charge is 0.290 e. The summed E-state index contributed by atoms with van der Waals surface area (Å²) < 4.78 is 0. The zero-order valence-electron chi connectivity index (χ0n) is 8.50. The molecule has 1 atom stereocenters. The Labute approximate surface area is 94.3 Å². The van der Waals surface area contributed by atoms with Crippen LogP contribution in [0.25, 0.3) is 0 Å². The molecule has 0 saturated heterocycles. The van der Waals surface area contributed by atoms with Gasteiger partial charge in [0, 0.05) is 4.83 Å². The second kappa shape index (κ2) is 6.07. The van der Waals surface area contributed by atoms with Crippen molar-refractivity contribution in [2.75, 3.05) is 0 Å². The highest BCUT2D eigenvalue weighted by molar-refractivity contribution is 9.09. The van der Waals surface area contributed by atoms with Crippen LogP contribution in [0, 0.1) is 0 Å². The van der Waals surface area contributed by atoms with Crippen LogP contribution in [0.3, 0.4) is 0 Å². The van der Waals surface area contributed by atoms with Gasteiger partial charge in [-0.05, 0) is 37.0 Å². The van der Waals surface area contributed by atoms with Gasteiger partial charge in [-0.25, -0.2) is 0 Å². The first-order valence-corrected chi connectivity index (χ1v) is 6.00. The highest BCUT2D eigenvalue weighted by Crippen LogP contribution is 2.14. The van der Waals surface area contributed by atoms with Gasteiger partial charge in [0.15, 0.2) is 5.75 Å². The number of alkyl halides is 1. The summed E-state index contributed by atoms with van der Waals surface area (Å²) in [4.78, 5) is 0.617. The topological polar surface area (TPSA) is 19.9 Å². The summed E-state index contributed by atoms with van der Waals surface area (Å²) in [5.41, 5.74) is 1.27. The molecule has 1 nitrogen and oxygen atoms in total. The molecule has 0 aliphatic carbocycles. The van der Waals surface area contributed by atoms with Crippen LogP contribution in [0.15, 0.2) is 24.3 Å². The van der Waals surface area contributed by atoms with E-state index in [-0.39, 0.29) is 5.75 Å². The van der Waals surface area contributed by atoms with E-state index in [0.717, 1.165) is 6.42 Å². The Morgan fingerprint density at radius 3 is 2.43 bits per heavy atom. The average molecular weight is 256 g/mol. The van der Waals surface area contributed by atoms with Crippen LogP contribution < -0.4 is 0 Å². The molecule has 0 aromatic heterocycles. The molecule has 1 aromatic carbocycles. The molecule has 1 rings (SSSR count). The minimum atomic E-state index is 0.0998. The average Bonchev–Trinajstić information content (AvgIpc) is 2.15. The van der Waals surface area contributed by atoms with Gasteiger partial charge in [-0.3, -0.25) is 5.11 Å². The number of hydrogen-bond acceptors (Lipinski definition) is 0. The molecular formula is C12H16BrO. The molecular weight excluding hydrogens is 240 g/mol. The Bertz CT molecular complexity index is 254. The zero-order chi connectivity index (χ0) is 10.4. The SMILES string of the molecule is CC(Br)CCCCc1ccc([O])cc1. The summed E-state index contributed by atoms with van der Waals surface area (Å²) in [6, 6.07) is 7.14. The van der Waals surface area contributed by atoms with E-state index < -0.39 is 0 Å². The second-order valence-corrected chi connectivity index (χ2v) is 5.23.